The van der Waals surface area contributed by atoms with Gasteiger partial charge in [0.2, 0.25) is 5.91 Å². The van der Waals surface area contributed by atoms with Crippen molar-refractivity contribution in [1.29, 1.82) is 0 Å². The van der Waals surface area contributed by atoms with Crippen molar-refractivity contribution in [2.24, 2.45) is 0 Å². The highest BCUT2D eigenvalue weighted by Gasteiger charge is 2.19. The van der Waals surface area contributed by atoms with Gasteiger partial charge in [-0.15, -0.1) is 0 Å². The van der Waals surface area contributed by atoms with Crippen LogP contribution in [0, 0.1) is 0 Å². The van der Waals surface area contributed by atoms with Gasteiger partial charge in [0.1, 0.15) is 0 Å². The van der Waals surface area contributed by atoms with E-state index >= 15 is 0 Å². The number of nitrogens with one attached hydrogen (secondary N) is 2. The molecule has 0 atom stereocenters. The molecule has 1 aromatic rings. The van der Waals surface area contributed by atoms with Crippen molar-refractivity contribution in [2.75, 3.05) is 11.9 Å². The van der Waals surface area contributed by atoms with Crippen LogP contribution in [0.1, 0.15) is 25.3 Å². The molecule has 16 heavy (non-hydrogen) atoms. The molecule has 0 aromatic heterocycles. The SMILES string of the molecule is CC(=O)Nc1ccc(CCNC2CC2)cc1. The Morgan fingerprint density at radius 3 is 2.56 bits per heavy atom. The molecule has 0 saturated heterocycles. The minimum atomic E-state index is -0.0249. The van der Waals surface area contributed by atoms with Gasteiger partial charge in [-0.25, -0.2) is 0 Å². The Morgan fingerprint density at radius 2 is 2.00 bits per heavy atom. The average molecular weight is 218 g/mol. The predicted molar refractivity (Wildman–Crippen MR) is 65.5 cm³/mol. The van der Waals surface area contributed by atoms with Gasteiger partial charge >= 0.3 is 0 Å². The van der Waals surface area contributed by atoms with Crippen LogP contribution in [0.2, 0.25) is 0 Å². The molecule has 1 amide bonds. The molecule has 1 fully saturated rings. The molecule has 1 saturated carbocycles. The standard InChI is InChI=1S/C13H18N2O/c1-10(16)15-13-4-2-11(3-5-13)8-9-14-12-6-7-12/h2-5,12,14H,6-9H2,1H3,(H,15,16). The summed E-state index contributed by atoms with van der Waals surface area (Å²) in [5, 5.41) is 6.24. The van der Waals surface area contributed by atoms with Crippen molar-refractivity contribution in [2.45, 2.75) is 32.2 Å². The van der Waals surface area contributed by atoms with Crippen LogP contribution < -0.4 is 10.6 Å². The first-order valence-electron chi connectivity index (χ1n) is 5.84. The number of hydrogen-bond acceptors (Lipinski definition) is 2. The smallest absolute Gasteiger partial charge is 0.221 e. The molecule has 0 radical (unpaired) electrons. The third-order valence-corrected chi connectivity index (χ3v) is 2.70. The van der Waals surface area contributed by atoms with Gasteiger partial charge in [0.25, 0.3) is 0 Å². The van der Waals surface area contributed by atoms with Crippen molar-refractivity contribution in [3.63, 3.8) is 0 Å². The molecular formula is C13H18N2O. The largest absolute Gasteiger partial charge is 0.326 e. The first-order valence-corrected chi connectivity index (χ1v) is 5.84. The number of anilines is 1. The van der Waals surface area contributed by atoms with Crippen LogP contribution in [0.15, 0.2) is 24.3 Å². The second-order valence-electron chi connectivity index (χ2n) is 4.36. The fraction of sp³-hybridized carbons (Fsp3) is 0.462. The molecule has 2 rings (SSSR count). The van der Waals surface area contributed by atoms with Gasteiger partial charge in [-0.1, -0.05) is 12.1 Å². The quantitative estimate of drug-likeness (QED) is 0.793. The zero-order chi connectivity index (χ0) is 11.4. The van der Waals surface area contributed by atoms with Gasteiger partial charge in [0, 0.05) is 18.7 Å². The molecule has 0 unspecified atom stereocenters. The Kier molecular flexibility index (Phi) is 3.57. The topological polar surface area (TPSA) is 41.1 Å². The second-order valence-corrected chi connectivity index (χ2v) is 4.36. The number of carbonyl (C=O) groups is 1. The zero-order valence-electron chi connectivity index (χ0n) is 9.62. The summed E-state index contributed by atoms with van der Waals surface area (Å²) >= 11 is 0. The van der Waals surface area contributed by atoms with E-state index in [0.717, 1.165) is 24.7 Å². The van der Waals surface area contributed by atoms with E-state index in [1.807, 2.05) is 12.1 Å². The predicted octanol–water partition coefficient (Wildman–Crippen LogP) is 1.94. The van der Waals surface area contributed by atoms with Crippen LogP contribution in [-0.4, -0.2) is 18.5 Å². The van der Waals surface area contributed by atoms with Crippen LogP contribution in [0.25, 0.3) is 0 Å². The molecule has 1 aliphatic rings. The molecule has 0 aliphatic heterocycles. The molecule has 0 heterocycles. The third-order valence-electron chi connectivity index (χ3n) is 2.70. The van der Waals surface area contributed by atoms with E-state index in [9.17, 15) is 4.79 Å². The maximum atomic E-state index is 10.8. The molecular weight excluding hydrogens is 200 g/mol. The highest BCUT2D eigenvalue weighted by molar-refractivity contribution is 5.88. The van der Waals surface area contributed by atoms with Crippen LogP contribution in [0.5, 0.6) is 0 Å². The molecule has 3 nitrogen and oxygen atoms in total. The lowest BCUT2D eigenvalue weighted by atomic mass is 10.1. The maximum absolute atomic E-state index is 10.8. The molecule has 3 heteroatoms. The van der Waals surface area contributed by atoms with Crippen LogP contribution in [0.3, 0.4) is 0 Å². The van der Waals surface area contributed by atoms with E-state index in [2.05, 4.69) is 22.8 Å². The maximum Gasteiger partial charge on any atom is 0.221 e. The second kappa shape index (κ2) is 5.12. The lowest BCUT2D eigenvalue weighted by Crippen LogP contribution is -2.19. The van der Waals surface area contributed by atoms with Crippen molar-refractivity contribution in [3.05, 3.63) is 29.8 Å². The average Bonchev–Trinajstić information content (AvgIpc) is 3.04. The third kappa shape index (κ3) is 3.66. The van der Waals surface area contributed by atoms with E-state index in [4.69, 9.17) is 0 Å². The van der Waals surface area contributed by atoms with E-state index < -0.39 is 0 Å². The van der Waals surface area contributed by atoms with E-state index in [1.54, 1.807) is 0 Å². The molecule has 1 aromatic carbocycles. The summed E-state index contributed by atoms with van der Waals surface area (Å²) in [5.74, 6) is -0.0249. The summed E-state index contributed by atoms with van der Waals surface area (Å²) in [6.07, 6.45) is 3.72. The van der Waals surface area contributed by atoms with Gasteiger partial charge in [0.15, 0.2) is 0 Å². The monoisotopic (exact) mass is 218 g/mol. The molecule has 0 spiro atoms. The Morgan fingerprint density at radius 1 is 1.31 bits per heavy atom. The van der Waals surface area contributed by atoms with E-state index in [-0.39, 0.29) is 5.91 Å². The zero-order valence-corrected chi connectivity index (χ0v) is 9.62. The number of amides is 1. The molecule has 86 valence electrons. The minimum absolute atomic E-state index is 0.0249. The lowest BCUT2D eigenvalue weighted by molar-refractivity contribution is -0.114. The Balaban J connectivity index is 1.78. The first-order chi connectivity index (χ1) is 7.74. The lowest BCUT2D eigenvalue weighted by Gasteiger charge is -2.05. The van der Waals surface area contributed by atoms with Gasteiger partial charge < -0.3 is 10.6 Å². The number of hydrogen-bond donors (Lipinski definition) is 2. The fourth-order valence-corrected chi connectivity index (χ4v) is 1.67. The van der Waals surface area contributed by atoms with Crippen molar-refractivity contribution in [1.82, 2.24) is 5.32 Å². The number of rotatable bonds is 5. The van der Waals surface area contributed by atoms with Crippen LogP contribution in [-0.2, 0) is 11.2 Å². The van der Waals surface area contributed by atoms with E-state index in [1.165, 1.54) is 25.3 Å². The van der Waals surface area contributed by atoms with Crippen LogP contribution >= 0.6 is 0 Å². The Labute approximate surface area is 96.2 Å². The van der Waals surface area contributed by atoms with Gasteiger partial charge in [-0.3, -0.25) is 4.79 Å². The van der Waals surface area contributed by atoms with Crippen LogP contribution in [0.4, 0.5) is 5.69 Å². The van der Waals surface area contributed by atoms with E-state index in [0.29, 0.717) is 0 Å². The normalized spacial score (nSPS) is 14.8. The molecule has 2 N–H and O–H groups in total. The van der Waals surface area contributed by atoms with Gasteiger partial charge in [-0.2, -0.15) is 0 Å². The van der Waals surface area contributed by atoms with Crippen molar-refractivity contribution < 1.29 is 4.79 Å². The molecule has 0 bridgehead atoms. The van der Waals surface area contributed by atoms with Gasteiger partial charge in [0.05, 0.1) is 0 Å². The summed E-state index contributed by atoms with van der Waals surface area (Å²) < 4.78 is 0. The van der Waals surface area contributed by atoms with Crippen molar-refractivity contribution in [3.8, 4) is 0 Å². The summed E-state index contributed by atoms with van der Waals surface area (Å²) in [6.45, 7) is 2.57. The Bertz CT molecular complexity index is 355. The number of carbonyl (C=O) groups excluding carboxylic acids is 1. The highest BCUT2D eigenvalue weighted by atomic mass is 16.1. The highest BCUT2D eigenvalue weighted by Crippen LogP contribution is 2.18. The summed E-state index contributed by atoms with van der Waals surface area (Å²) in [5.41, 5.74) is 2.17. The summed E-state index contributed by atoms with van der Waals surface area (Å²) in [4.78, 5) is 10.8. The molecule has 1 aliphatic carbocycles. The minimum Gasteiger partial charge on any atom is -0.326 e. The van der Waals surface area contributed by atoms with Gasteiger partial charge in [-0.05, 0) is 43.5 Å². The first kappa shape index (κ1) is 11.1. The number of benzene rings is 1. The van der Waals surface area contributed by atoms with Crippen molar-refractivity contribution >= 4 is 11.6 Å². The summed E-state index contributed by atoms with van der Waals surface area (Å²) in [6, 6.07) is 8.82. The Hall–Kier alpha value is -1.35. The summed E-state index contributed by atoms with van der Waals surface area (Å²) in [7, 11) is 0. The fourth-order valence-electron chi connectivity index (χ4n) is 1.67.